The summed E-state index contributed by atoms with van der Waals surface area (Å²) in [6, 6.07) is 9.55. The fourth-order valence-corrected chi connectivity index (χ4v) is 4.81. The number of benzene rings is 2. The molecule has 2 amide bonds. The molecule has 0 saturated carbocycles. The molecular weight excluding hydrogens is 622 g/mol. The molecule has 240 valence electrons. The van der Waals surface area contributed by atoms with Crippen molar-refractivity contribution in [1.82, 2.24) is 15.5 Å². The minimum atomic E-state index is -1.08. The molecule has 0 radical (unpaired) electrons. The van der Waals surface area contributed by atoms with Crippen molar-refractivity contribution in [2.75, 3.05) is 25.6 Å². The molecule has 4 N–H and O–H groups in total. The quantitative estimate of drug-likeness (QED) is 0.0624. The normalized spacial score (nSPS) is 11.8. The molecule has 0 aliphatic rings. The highest BCUT2D eigenvalue weighted by Crippen LogP contribution is 2.27. The van der Waals surface area contributed by atoms with Crippen LogP contribution in [0.4, 0.5) is 0 Å². The number of thioether (sulfide) groups is 1. The van der Waals surface area contributed by atoms with Gasteiger partial charge in [-0.25, -0.2) is 9.59 Å². The Morgan fingerprint density at radius 2 is 1.36 bits per heavy atom. The number of carbonyl (C=O) groups excluding carboxylic acids is 6. The highest BCUT2D eigenvalue weighted by Gasteiger charge is 2.26. The summed E-state index contributed by atoms with van der Waals surface area (Å²) in [4.78, 5) is 76.5. The topological polar surface area (TPSA) is 196 Å². The largest absolute Gasteiger partial charge is 0.424 e. The molecule has 2 aromatic rings. The van der Waals surface area contributed by atoms with Crippen LogP contribution in [0.25, 0.3) is 0 Å². The zero-order valence-corrected chi connectivity index (χ0v) is 26.9. The van der Waals surface area contributed by atoms with Gasteiger partial charge in [-0.1, -0.05) is 36.0 Å². The predicted octanol–water partition coefficient (Wildman–Crippen LogP) is 2.53. The molecule has 13 nitrogen and oxygen atoms in total. The second kappa shape index (κ2) is 17.7. The molecule has 0 aliphatic carbocycles. The van der Waals surface area contributed by atoms with Crippen LogP contribution >= 0.6 is 24.4 Å². The summed E-state index contributed by atoms with van der Waals surface area (Å²) in [5.74, 6) is -3.52. The number of hydrogen-bond acceptors (Lipinski definition) is 12. The van der Waals surface area contributed by atoms with Crippen molar-refractivity contribution in [2.24, 2.45) is 0 Å². The van der Waals surface area contributed by atoms with Gasteiger partial charge in [-0.3, -0.25) is 24.6 Å². The Kier molecular flexibility index (Phi) is 14.4. The summed E-state index contributed by atoms with van der Waals surface area (Å²) < 4.78 is 10.9. The van der Waals surface area contributed by atoms with E-state index in [2.05, 4.69) is 23.3 Å². The zero-order valence-electron chi connectivity index (χ0n) is 25.2. The Hall–Kier alpha value is -4.50. The molecular formula is C30H35N5O8S2. The molecule has 15 heteroatoms. The first-order valence-corrected chi connectivity index (χ1v) is 15.1. The van der Waals surface area contributed by atoms with Gasteiger partial charge in [0, 0.05) is 58.0 Å². The Morgan fingerprint density at radius 1 is 0.822 bits per heavy atom. The lowest BCUT2D eigenvalue weighted by Crippen LogP contribution is -2.43. The molecule has 2 atom stereocenters. The number of thiol groups is 1. The van der Waals surface area contributed by atoms with Crippen LogP contribution in [-0.4, -0.2) is 88.8 Å². The van der Waals surface area contributed by atoms with Gasteiger partial charge in [0.25, 0.3) is 0 Å². The van der Waals surface area contributed by atoms with Crippen molar-refractivity contribution in [3.8, 4) is 11.5 Å². The van der Waals surface area contributed by atoms with Crippen molar-refractivity contribution in [3.05, 3.63) is 59.7 Å². The van der Waals surface area contributed by atoms with Crippen molar-refractivity contribution >= 4 is 70.6 Å². The highest BCUT2D eigenvalue weighted by molar-refractivity contribution is 8.14. The molecule has 0 spiro atoms. The van der Waals surface area contributed by atoms with E-state index in [1.165, 1.54) is 55.1 Å². The summed E-state index contributed by atoms with van der Waals surface area (Å²) in [5, 5.41) is 20.3. The van der Waals surface area contributed by atoms with Gasteiger partial charge in [0.2, 0.25) is 16.9 Å². The first-order valence-electron chi connectivity index (χ1n) is 13.5. The van der Waals surface area contributed by atoms with E-state index in [1.807, 2.05) is 0 Å². The highest BCUT2D eigenvalue weighted by atomic mass is 32.2. The lowest BCUT2D eigenvalue weighted by atomic mass is 10.1. The molecule has 0 fully saturated rings. The molecule has 0 aliphatic heterocycles. The van der Waals surface area contributed by atoms with E-state index in [4.69, 9.17) is 20.3 Å². The Labute approximate surface area is 270 Å². The number of hydrogen-bond donors (Lipinski definition) is 5. The van der Waals surface area contributed by atoms with Gasteiger partial charge < -0.3 is 30.4 Å². The van der Waals surface area contributed by atoms with Crippen LogP contribution in [0.15, 0.2) is 48.5 Å². The van der Waals surface area contributed by atoms with Gasteiger partial charge >= 0.3 is 11.9 Å². The summed E-state index contributed by atoms with van der Waals surface area (Å²) in [6.07, 6.45) is -0.350. The number of Topliss-reactive ketones (excluding diaryl/α,β-unsaturated/α-hetero) is 1. The maximum atomic E-state index is 13.2. The molecule has 2 rings (SSSR count). The number of esters is 2. The SMILES string of the molecule is CC(=O)NC(CSC(=O)c1ccccc1OC(=O)c1ccccc1OC(=O)C(CS)NC(C)=O)C(=O)CC(=N)CC(=N)N(C)C. The van der Waals surface area contributed by atoms with E-state index in [9.17, 15) is 28.8 Å². The first-order chi connectivity index (χ1) is 21.2. The zero-order chi connectivity index (χ0) is 33.7. The third-order valence-corrected chi connectivity index (χ3v) is 7.27. The Morgan fingerprint density at radius 3 is 1.91 bits per heavy atom. The van der Waals surface area contributed by atoms with Crippen LogP contribution in [0, 0.1) is 10.8 Å². The van der Waals surface area contributed by atoms with E-state index in [0.29, 0.717) is 11.8 Å². The number of nitrogens with one attached hydrogen (secondary N) is 4. The van der Waals surface area contributed by atoms with E-state index < -0.39 is 46.7 Å². The van der Waals surface area contributed by atoms with Gasteiger partial charge in [-0.2, -0.15) is 12.6 Å². The van der Waals surface area contributed by atoms with Crippen LogP contribution < -0.4 is 20.1 Å². The maximum Gasteiger partial charge on any atom is 0.347 e. The average molecular weight is 658 g/mol. The second-order valence-corrected chi connectivity index (χ2v) is 11.2. The molecule has 2 unspecified atom stereocenters. The van der Waals surface area contributed by atoms with Crippen LogP contribution in [0.5, 0.6) is 11.5 Å². The lowest BCUT2D eigenvalue weighted by Gasteiger charge is -2.18. The number of amidine groups is 1. The second-order valence-electron chi connectivity index (χ2n) is 9.85. The van der Waals surface area contributed by atoms with Gasteiger partial charge in [0.15, 0.2) is 5.78 Å². The van der Waals surface area contributed by atoms with E-state index >= 15 is 0 Å². The van der Waals surface area contributed by atoms with E-state index in [1.54, 1.807) is 26.2 Å². The first kappa shape index (κ1) is 36.7. The fourth-order valence-electron chi connectivity index (χ4n) is 3.66. The molecule has 0 heterocycles. The van der Waals surface area contributed by atoms with E-state index in [-0.39, 0.29) is 58.5 Å². The van der Waals surface area contributed by atoms with E-state index in [0.717, 1.165) is 0 Å². The van der Waals surface area contributed by atoms with Crippen LogP contribution in [-0.2, 0) is 19.2 Å². The number of amides is 2. The number of ether oxygens (including phenoxy) is 2. The number of carbonyl (C=O) groups is 6. The summed E-state index contributed by atoms with van der Waals surface area (Å²) >= 11 is 4.76. The standard InChI is InChI=1S/C30H35N5O8S2/c1-17(36)33-22(15-44)29(40)43-25-11-7-5-9-20(25)28(39)42-26-12-8-6-10-21(26)30(41)45-16-23(34-18(2)37)24(38)13-19(31)14-27(32)35(3)4/h5-12,22-23,31-32,44H,13-16H2,1-4H3,(H,33,36)(H,34,37). The third kappa shape index (κ3) is 11.8. The smallest absolute Gasteiger partial charge is 0.347 e. The summed E-state index contributed by atoms with van der Waals surface area (Å²) in [6.45, 7) is 2.46. The Balaban J connectivity index is 2.17. The molecule has 0 aromatic heterocycles. The minimum absolute atomic E-state index is 0.00678. The maximum absolute atomic E-state index is 13.2. The van der Waals surface area contributed by atoms with Crippen LogP contribution in [0.2, 0.25) is 0 Å². The van der Waals surface area contributed by atoms with Gasteiger partial charge in [-0.05, 0) is 24.3 Å². The van der Waals surface area contributed by atoms with Crippen molar-refractivity contribution < 1.29 is 38.2 Å². The molecule has 0 bridgehead atoms. The predicted molar refractivity (Wildman–Crippen MR) is 173 cm³/mol. The van der Waals surface area contributed by atoms with Gasteiger partial charge in [0.05, 0.1) is 11.6 Å². The lowest BCUT2D eigenvalue weighted by molar-refractivity contribution is -0.138. The number of para-hydroxylation sites is 2. The van der Waals surface area contributed by atoms with Gasteiger partial charge in [0.1, 0.15) is 28.9 Å². The number of ketones is 1. The summed E-state index contributed by atoms with van der Waals surface area (Å²) in [7, 11) is 3.30. The molecule has 0 saturated heterocycles. The van der Waals surface area contributed by atoms with Gasteiger partial charge in [-0.15, -0.1) is 0 Å². The van der Waals surface area contributed by atoms with Crippen molar-refractivity contribution in [1.29, 1.82) is 10.8 Å². The van der Waals surface area contributed by atoms with Crippen molar-refractivity contribution in [2.45, 2.75) is 38.8 Å². The van der Waals surface area contributed by atoms with Crippen LogP contribution in [0.1, 0.15) is 47.4 Å². The fraction of sp³-hybridized carbons (Fsp3) is 0.333. The van der Waals surface area contributed by atoms with Crippen molar-refractivity contribution in [3.63, 3.8) is 0 Å². The average Bonchev–Trinajstić information content (AvgIpc) is 2.97. The minimum Gasteiger partial charge on any atom is -0.424 e. The Bertz CT molecular complexity index is 1480. The van der Waals surface area contributed by atoms with Crippen LogP contribution in [0.3, 0.4) is 0 Å². The molecule has 2 aromatic carbocycles. The number of rotatable bonds is 15. The third-order valence-electron chi connectivity index (χ3n) is 5.93. The summed E-state index contributed by atoms with van der Waals surface area (Å²) in [5.41, 5.74) is -0.125. The number of nitrogens with zero attached hydrogens (tertiary/aromatic N) is 1. The molecule has 45 heavy (non-hydrogen) atoms. The monoisotopic (exact) mass is 657 g/mol.